The molecule has 128 valence electrons. The van der Waals surface area contributed by atoms with Crippen LogP contribution in [0, 0.1) is 5.82 Å². The Bertz CT molecular complexity index is 878. The zero-order valence-corrected chi connectivity index (χ0v) is 13.9. The molecule has 0 saturated carbocycles. The summed E-state index contributed by atoms with van der Waals surface area (Å²) in [6.45, 7) is 2.46. The van der Waals surface area contributed by atoms with Gasteiger partial charge in [0.1, 0.15) is 12.4 Å². The number of nitrogens with zero attached hydrogens (tertiary/aromatic N) is 2. The predicted octanol–water partition coefficient (Wildman–Crippen LogP) is 3.81. The standard InChI is InChI=1S/C20H20FN3O/c21-16-4-5-17-15(8-11-23-19(17)12-16)13-25-20-3-1-2-18(24-20)14-6-9-22-10-7-14/h1-5,8,11-12,14,22H,6-7,9-10,13H2. The van der Waals surface area contributed by atoms with Crippen molar-refractivity contribution in [3.05, 3.63) is 65.7 Å². The molecule has 0 amide bonds. The molecule has 0 aliphatic carbocycles. The number of nitrogens with one attached hydrogen (secondary N) is 1. The molecule has 5 heteroatoms. The minimum atomic E-state index is -0.283. The molecule has 2 aromatic heterocycles. The van der Waals surface area contributed by atoms with Gasteiger partial charge in [-0.1, -0.05) is 6.07 Å². The molecule has 1 N–H and O–H groups in total. The molecule has 0 unspecified atom stereocenters. The fraction of sp³-hybridized carbons (Fsp3) is 0.300. The summed E-state index contributed by atoms with van der Waals surface area (Å²) in [5, 5.41) is 4.28. The van der Waals surface area contributed by atoms with Crippen LogP contribution >= 0.6 is 0 Å². The van der Waals surface area contributed by atoms with E-state index in [1.165, 1.54) is 12.1 Å². The summed E-state index contributed by atoms with van der Waals surface area (Å²) in [4.78, 5) is 8.90. The van der Waals surface area contributed by atoms with Crippen LogP contribution in [-0.4, -0.2) is 23.1 Å². The Hall–Kier alpha value is -2.53. The third-order valence-electron chi connectivity index (χ3n) is 4.67. The molecule has 3 aromatic rings. The van der Waals surface area contributed by atoms with Crippen molar-refractivity contribution in [1.82, 2.24) is 15.3 Å². The number of rotatable bonds is 4. The van der Waals surface area contributed by atoms with Crippen molar-refractivity contribution in [2.45, 2.75) is 25.4 Å². The van der Waals surface area contributed by atoms with Crippen molar-refractivity contribution in [3.63, 3.8) is 0 Å². The quantitative estimate of drug-likeness (QED) is 0.786. The first-order valence-electron chi connectivity index (χ1n) is 8.63. The van der Waals surface area contributed by atoms with Gasteiger partial charge in [0.05, 0.1) is 5.52 Å². The van der Waals surface area contributed by atoms with Gasteiger partial charge < -0.3 is 10.1 Å². The van der Waals surface area contributed by atoms with E-state index in [1.54, 1.807) is 12.3 Å². The molecule has 1 saturated heterocycles. The second-order valence-electron chi connectivity index (χ2n) is 6.35. The average Bonchev–Trinajstić information content (AvgIpc) is 2.67. The van der Waals surface area contributed by atoms with Crippen LogP contribution in [0.2, 0.25) is 0 Å². The van der Waals surface area contributed by atoms with Gasteiger partial charge in [-0.15, -0.1) is 0 Å². The van der Waals surface area contributed by atoms with Crippen LogP contribution in [0.1, 0.15) is 30.0 Å². The molecule has 3 heterocycles. The number of ether oxygens (including phenoxy) is 1. The molecule has 4 nitrogen and oxygen atoms in total. The van der Waals surface area contributed by atoms with E-state index in [2.05, 4.69) is 21.4 Å². The van der Waals surface area contributed by atoms with E-state index in [1.807, 2.05) is 18.2 Å². The van der Waals surface area contributed by atoms with Gasteiger partial charge in [0.25, 0.3) is 0 Å². The SMILES string of the molecule is Fc1ccc2c(COc3cccc(C4CCNCC4)n3)ccnc2c1. The summed E-state index contributed by atoms with van der Waals surface area (Å²) in [6, 6.07) is 12.5. The largest absolute Gasteiger partial charge is 0.473 e. The maximum absolute atomic E-state index is 13.4. The highest BCUT2D eigenvalue weighted by molar-refractivity contribution is 5.81. The number of hydrogen-bond acceptors (Lipinski definition) is 4. The number of piperidine rings is 1. The molecular weight excluding hydrogens is 317 g/mol. The van der Waals surface area contributed by atoms with Gasteiger partial charge in [0.2, 0.25) is 5.88 Å². The smallest absolute Gasteiger partial charge is 0.213 e. The van der Waals surface area contributed by atoms with Crippen LogP contribution in [-0.2, 0) is 6.61 Å². The third kappa shape index (κ3) is 3.61. The maximum atomic E-state index is 13.4. The van der Waals surface area contributed by atoms with Crippen LogP contribution in [0.3, 0.4) is 0 Å². The normalized spacial score (nSPS) is 15.4. The summed E-state index contributed by atoms with van der Waals surface area (Å²) in [7, 11) is 0. The van der Waals surface area contributed by atoms with E-state index in [9.17, 15) is 4.39 Å². The molecule has 0 radical (unpaired) electrons. The minimum absolute atomic E-state index is 0.283. The van der Waals surface area contributed by atoms with Gasteiger partial charge >= 0.3 is 0 Å². The lowest BCUT2D eigenvalue weighted by molar-refractivity contribution is 0.293. The number of pyridine rings is 2. The summed E-state index contributed by atoms with van der Waals surface area (Å²) in [5.41, 5.74) is 2.71. The van der Waals surface area contributed by atoms with E-state index in [0.717, 1.165) is 42.6 Å². The Kier molecular flexibility index (Phi) is 4.57. The predicted molar refractivity (Wildman–Crippen MR) is 95.1 cm³/mol. The summed E-state index contributed by atoms with van der Waals surface area (Å²) in [5.74, 6) is 0.840. The topological polar surface area (TPSA) is 47.0 Å². The molecular formula is C20H20FN3O. The molecule has 0 spiro atoms. The number of hydrogen-bond donors (Lipinski definition) is 1. The van der Waals surface area contributed by atoms with Crippen molar-refractivity contribution in [3.8, 4) is 5.88 Å². The highest BCUT2D eigenvalue weighted by Crippen LogP contribution is 2.25. The Labute approximate surface area is 146 Å². The van der Waals surface area contributed by atoms with Crippen molar-refractivity contribution < 1.29 is 9.13 Å². The Balaban J connectivity index is 1.52. The van der Waals surface area contributed by atoms with E-state index >= 15 is 0 Å². The van der Waals surface area contributed by atoms with Crippen molar-refractivity contribution >= 4 is 10.9 Å². The van der Waals surface area contributed by atoms with Crippen LogP contribution in [0.4, 0.5) is 4.39 Å². The fourth-order valence-corrected chi connectivity index (χ4v) is 3.31. The summed E-state index contributed by atoms with van der Waals surface area (Å²) >= 11 is 0. The molecule has 0 bridgehead atoms. The van der Waals surface area contributed by atoms with E-state index in [0.29, 0.717) is 23.9 Å². The Morgan fingerprint density at radius 1 is 1.12 bits per heavy atom. The van der Waals surface area contributed by atoms with Gasteiger partial charge in [0, 0.05) is 40.9 Å². The molecule has 25 heavy (non-hydrogen) atoms. The lowest BCUT2D eigenvalue weighted by Crippen LogP contribution is -2.27. The fourth-order valence-electron chi connectivity index (χ4n) is 3.31. The van der Waals surface area contributed by atoms with Gasteiger partial charge in [-0.3, -0.25) is 4.98 Å². The second-order valence-corrected chi connectivity index (χ2v) is 6.35. The Morgan fingerprint density at radius 3 is 2.88 bits per heavy atom. The summed E-state index contributed by atoms with van der Waals surface area (Å²) < 4.78 is 19.3. The van der Waals surface area contributed by atoms with Crippen LogP contribution in [0.25, 0.3) is 10.9 Å². The van der Waals surface area contributed by atoms with Gasteiger partial charge in [-0.2, -0.15) is 0 Å². The first-order chi connectivity index (χ1) is 12.3. The second kappa shape index (κ2) is 7.15. The van der Waals surface area contributed by atoms with Crippen LogP contribution in [0.15, 0.2) is 48.7 Å². The lowest BCUT2D eigenvalue weighted by atomic mass is 9.94. The van der Waals surface area contributed by atoms with Crippen molar-refractivity contribution in [1.29, 1.82) is 0 Å². The number of aromatic nitrogens is 2. The molecule has 1 fully saturated rings. The zero-order valence-electron chi connectivity index (χ0n) is 13.9. The molecule has 1 aliphatic heterocycles. The van der Waals surface area contributed by atoms with Gasteiger partial charge in [-0.25, -0.2) is 9.37 Å². The van der Waals surface area contributed by atoms with E-state index < -0.39 is 0 Å². The van der Waals surface area contributed by atoms with E-state index in [4.69, 9.17) is 4.74 Å². The van der Waals surface area contributed by atoms with Gasteiger partial charge in [0.15, 0.2) is 0 Å². The Morgan fingerprint density at radius 2 is 2.00 bits per heavy atom. The minimum Gasteiger partial charge on any atom is -0.473 e. The number of halogens is 1. The van der Waals surface area contributed by atoms with Crippen molar-refractivity contribution in [2.24, 2.45) is 0 Å². The third-order valence-corrected chi connectivity index (χ3v) is 4.67. The molecule has 4 rings (SSSR count). The van der Waals surface area contributed by atoms with Crippen LogP contribution in [0.5, 0.6) is 5.88 Å². The highest BCUT2D eigenvalue weighted by Gasteiger charge is 2.16. The van der Waals surface area contributed by atoms with Crippen LogP contribution < -0.4 is 10.1 Å². The summed E-state index contributed by atoms with van der Waals surface area (Å²) in [6.07, 6.45) is 3.90. The molecule has 1 aliphatic rings. The van der Waals surface area contributed by atoms with E-state index in [-0.39, 0.29) is 5.82 Å². The van der Waals surface area contributed by atoms with Crippen molar-refractivity contribution in [2.75, 3.05) is 13.1 Å². The highest BCUT2D eigenvalue weighted by atomic mass is 19.1. The first kappa shape index (κ1) is 16.0. The number of benzene rings is 1. The monoisotopic (exact) mass is 337 g/mol. The molecule has 0 atom stereocenters. The number of fused-ring (bicyclic) bond motifs is 1. The maximum Gasteiger partial charge on any atom is 0.213 e. The zero-order chi connectivity index (χ0) is 17.1. The molecule has 1 aromatic carbocycles. The van der Waals surface area contributed by atoms with Gasteiger partial charge in [-0.05, 0) is 50.2 Å². The first-order valence-corrected chi connectivity index (χ1v) is 8.63. The lowest BCUT2D eigenvalue weighted by Gasteiger charge is -2.22. The average molecular weight is 337 g/mol.